The lowest BCUT2D eigenvalue weighted by atomic mass is 9.99. The summed E-state index contributed by atoms with van der Waals surface area (Å²) in [6.45, 7) is 5.36. The van der Waals surface area contributed by atoms with Gasteiger partial charge < -0.3 is 9.73 Å². The third-order valence-corrected chi connectivity index (χ3v) is 5.36. The van der Waals surface area contributed by atoms with Crippen LogP contribution < -0.4 is 10.7 Å². The predicted octanol–water partition coefficient (Wildman–Crippen LogP) is 5.79. The highest BCUT2D eigenvalue weighted by Gasteiger charge is 2.21. The van der Waals surface area contributed by atoms with Crippen LogP contribution in [0.5, 0.6) is 0 Å². The fourth-order valence-corrected chi connectivity index (χ4v) is 3.75. The van der Waals surface area contributed by atoms with Crippen molar-refractivity contribution in [2.75, 3.05) is 5.32 Å². The second-order valence-electron chi connectivity index (χ2n) is 7.62. The molecule has 5 nitrogen and oxygen atoms in total. The molecule has 0 saturated carbocycles. The van der Waals surface area contributed by atoms with Gasteiger partial charge in [-0.05, 0) is 56.7 Å². The van der Waals surface area contributed by atoms with Gasteiger partial charge in [-0.3, -0.25) is 9.78 Å². The number of anilines is 1. The van der Waals surface area contributed by atoms with E-state index in [1.165, 1.54) is 6.07 Å². The number of rotatable bonds is 4. The number of fused-ring (bicyclic) bond motifs is 1. The summed E-state index contributed by atoms with van der Waals surface area (Å²) < 4.78 is 33.8. The first-order valence-electron chi connectivity index (χ1n) is 9.94. The third-order valence-electron chi connectivity index (χ3n) is 5.36. The Labute approximate surface area is 183 Å². The number of pyridine rings is 1. The second kappa shape index (κ2) is 8.23. The van der Waals surface area contributed by atoms with E-state index in [-0.39, 0.29) is 11.1 Å². The zero-order valence-corrected chi connectivity index (χ0v) is 17.7. The lowest BCUT2D eigenvalue weighted by Gasteiger charge is -2.19. The van der Waals surface area contributed by atoms with E-state index in [4.69, 9.17) is 4.42 Å². The zero-order chi connectivity index (χ0) is 23.0. The summed E-state index contributed by atoms with van der Waals surface area (Å²) in [5.74, 6) is -1.89. The zero-order valence-electron chi connectivity index (χ0n) is 17.7. The Morgan fingerprint density at radius 3 is 2.66 bits per heavy atom. The van der Waals surface area contributed by atoms with Gasteiger partial charge in [0.05, 0.1) is 17.1 Å². The highest BCUT2D eigenvalue weighted by atomic mass is 19.2. The highest BCUT2D eigenvalue weighted by Crippen LogP contribution is 2.33. The molecule has 0 fully saturated rings. The van der Waals surface area contributed by atoms with Gasteiger partial charge in [0.25, 0.3) is 0 Å². The molecule has 0 amide bonds. The molecule has 4 aromatic rings. The van der Waals surface area contributed by atoms with E-state index in [1.807, 2.05) is 13.0 Å². The quantitative estimate of drug-likeness (QED) is 0.442. The normalized spacial score (nSPS) is 11.9. The molecular weight excluding hydrogens is 412 g/mol. The van der Waals surface area contributed by atoms with Crippen LogP contribution in [0.25, 0.3) is 22.3 Å². The van der Waals surface area contributed by atoms with Crippen LogP contribution in [-0.4, -0.2) is 4.98 Å². The Balaban J connectivity index is 1.90. The molecule has 0 spiro atoms. The second-order valence-corrected chi connectivity index (χ2v) is 7.62. The molecule has 0 bridgehead atoms. The molecule has 0 aliphatic heterocycles. The minimum atomic E-state index is -1.21. The molecule has 2 aromatic carbocycles. The number of nitrogens with one attached hydrogen (secondary N) is 1. The van der Waals surface area contributed by atoms with Crippen LogP contribution in [0.15, 0.2) is 58.0 Å². The van der Waals surface area contributed by atoms with Gasteiger partial charge in [0.1, 0.15) is 23.0 Å². The first-order chi connectivity index (χ1) is 15.3. The van der Waals surface area contributed by atoms with Gasteiger partial charge in [-0.1, -0.05) is 6.07 Å². The molecule has 4 rings (SSSR count). The Bertz CT molecular complexity index is 1440. The third kappa shape index (κ3) is 3.60. The maximum absolute atomic E-state index is 14.1. The number of hydrogen-bond donors (Lipinski definition) is 1. The lowest BCUT2D eigenvalue weighted by molar-refractivity contribution is 0.506. The predicted molar refractivity (Wildman–Crippen MR) is 118 cm³/mol. The molecule has 1 N–H and O–H groups in total. The summed E-state index contributed by atoms with van der Waals surface area (Å²) in [6, 6.07) is 10.7. The van der Waals surface area contributed by atoms with Crippen LogP contribution in [-0.2, 0) is 0 Å². The minimum Gasteiger partial charge on any atom is -0.455 e. The lowest BCUT2D eigenvalue weighted by Crippen LogP contribution is -2.13. The maximum Gasteiger partial charge on any atom is 0.196 e. The molecule has 0 radical (unpaired) electrons. The molecular formula is C25H19F2N3O2. The Morgan fingerprint density at radius 2 is 1.97 bits per heavy atom. The Morgan fingerprint density at radius 1 is 1.19 bits per heavy atom. The number of halogens is 2. The van der Waals surface area contributed by atoms with Gasteiger partial charge in [-0.2, -0.15) is 5.26 Å². The molecule has 2 heterocycles. The summed E-state index contributed by atoms with van der Waals surface area (Å²) in [4.78, 5) is 17.3. The number of hydrogen-bond acceptors (Lipinski definition) is 5. The van der Waals surface area contributed by atoms with Crippen LogP contribution in [0.4, 0.5) is 14.5 Å². The van der Waals surface area contributed by atoms with E-state index < -0.39 is 23.2 Å². The maximum atomic E-state index is 14.1. The van der Waals surface area contributed by atoms with Gasteiger partial charge in [0.15, 0.2) is 17.1 Å². The van der Waals surface area contributed by atoms with Crippen LogP contribution >= 0.6 is 0 Å². The van der Waals surface area contributed by atoms with Crippen molar-refractivity contribution in [2.24, 2.45) is 0 Å². The van der Waals surface area contributed by atoms with E-state index in [9.17, 15) is 18.8 Å². The summed E-state index contributed by atoms with van der Waals surface area (Å²) in [5, 5.41) is 12.8. The van der Waals surface area contributed by atoms with Crippen molar-refractivity contribution in [3.63, 3.8) is 0 Å². The van der Waals surface area contributed by atoms with Gasteiger partial charge in [0.2, 0.25) is 0 Å². The summed E-state index contributed by atoms with van der Waals surface area (Å²) in [7, 11) is 0. The monoisotopic (exact) mass is 431 g/mol. The standard InChI is InChI=1S/C25H19F2N3O2/c1-13-9-17(15(3)30-21-7-6-20(26)22(27)19(21)11-28)25-18(10-13)23(31)14(2)24(32-25)16-5-4-8-29-12-16/h4-10,12,15,30H,1-3H3/t15-/m1/s1. The van der Waals surface area contributed by atoms with E-state index >= 15 is 0 Å². The molecule has 1 atom stereocenters. The fourth-order valence-electron chi connectivity index (χ4n) is 3.75. The molecule has 0 saturated heterocycles. The van der Waals surface area contributed by atoms with Crippen molar-refractivity contribution in [2.45, 2.75) is 26.8 Å². The molecule has 0 aliphatic rings. The Kier molecular flexibility index (Phi) is 5.45. The number of aromatic nitrogens is 1. The van der Waals surface area contributed by atoms with E-state index in [1.54, 1.807) is 50.5 Å². The largest absolute Gasteiger partial charge is 0.455 e. The van der Waals surface area contributed by atoms with Crippen molar-refractivity contribution in [1.29, 1.82) is 5.26 Å². The smallest absolute Gasteiger partial charge is 0.196 e. The number of benzene rings is 2. The van der Waals surface area contributed by atoms with Crippen LogP contribution in [0, 0.1) is 36.8 Å². The molecule has 7 heteroatoms. The average Bonchev–Trinajstić information content (AvgIpc) is 2.79. The van der Waals surface area contributed by atoms with E-state index in [0.29, 0.717) is 33.4 Å². The van der Waals surface area contributed by atoms with Crippen LogP contribution in [0.1, 0.15) is 35.2 Å². The van der Waals surface area contributed by atoms with Crippen molar-refractivity contribution in [1.82, 2.24) is 4.98 Å². The van der Waals surface area contributed by atoms with Crippen molar-refractivity contribution < 1.29 is 13.2 Å². The first kappa shape index (κ1) is 21.2. The number of nitriles is 1. The first-order valence-corrected chi connectivity index (χ1v) is 9.94. The van der Waals surface area contributed by atoms with Gasteiger partial charge in [-0.25, -0.2) is 8.78 Å². The van der Waals surface area contributed by atoms with Crippen molar-refractivity contribution >= 4 is 16.7 Å². The number of aryl methyl sites for hydroxylation is 1. The molecule has 2 aromatic heterocycles. The van der Waals surface area contributed by atoms with Crippen molar-refractivity contribution in [3.05, 3.63) is 92.9 Å². The van der Waals surface area contributed by atoms with E-state index in [0.717, 1.165) is 11.6 Å². The molecule has 32 heavy (non-hydrogen) atoms. The molecule has 0 unspecified atom stereocenters. The van der Waals surface area contributed by atoms with Crippen LogP contribution in [0.3, 0.4) is 0 Å². The summed E-state index contributed by atoms with van der Waals surface area (Å²) in [6.07, 6.45) is 3.25. The van der Waals surface area contributed by atoms with Gasteiger partial charge in [0, 0.05) is 29.1 Å². The Hall–Kier alpha value is -4.05. The molecule has 0 aliphatic carbocycles. The average molecular weight is 431 g/mol. The van der Waals surface area contributed by atoms with Gasteiger partial charge >= 0.3 is 0 Å². The summed E-state index contributed by atoms with van der Waals surface area (Å²) >= 11 is 0. The SMILES string of the molecule is Cc1cc([C@@H](C)Nc2ccc(F)c(F)c2C#N)c2oc(-c3cccnc3)c(C)c(=O)c2c1. The number of nitrogens with zero attached hydrogens (tertiary/aromatic N) is 2. The topological polar surface area (TPSA) is 78.9 Å². The van der Waals surface area contributed by atoms with E-state index in [2.05, 4.69) is 10.3 Å². The minimum absolute atomic E-state index is 0.149. The van der Waals surface area contributed by atoms with Gasteiger partial charge in [-0.15, -0.1) is 0 Å². The summed E-state index contributed by atoms with van der Waals surface area (Å²) in [5.41, 5.74) is 2.58. The highest BCUT2D eigenvalue weighted by molar-refractivity contribution is 5.84. The fraction of sp³-hybridized carbons (Fsp3) is 0.160. The molecule has 160 valence electrons. The van der Waals surface area contributed by atoms with Crippen molar-refractivity contribution in [3.8, 4) is 17.4 Å². The van der Waals surface area contributed by atoms with Crippen LogP contribution in [0.2, 0.25) is 0 Å².